The molecule has 0 saturated heterocycles. The van der Waals surface area contributed by atoms with Crippen LogP contribution in [0.25, 0.3) is 0 Å². The minimum absolute atomic E-state index is 0.0354. The summed E-state index contributed by atoms with van der Waals surface area (Å²) >= 11 is 0. The average Bonchev–Trinajstić information content (AvgIpc) is 2.43. The van der Waals surface area contributed by atoms with E-state index in [4.69, 9.17) is 0 Å². The maximum atomic E-state index is 12.3. The molecule has 0 aliphatic rings. The molecular formula is C16H26N2O. The number of amides is 1. The van der Waals surface area contributed by atoms with Crippen LogP contribution in [-0.4, -0.2) is 26.0 Å². The molecule has 1 aromatic rings. The lowest BCUT2D eigenvalue weighted by Gasteiger charge is -2.23. The minimum Gasteiger partial charge on any atom is -0.351 e. The van der Waals surface area contributed by atoms with E-state index in [1.54, 1.807) is 0 Å². The Balaban J connectivity index is 2.71. The maximum absolute atomic E-state index is 12.3. The first-order chi connectivity index (χ1) is 9.00. The quantitative estimate of drug-likeness (QED) is 0.793. The van der Waals surface area contributed by atoms with E-state index in [1.807, 2.05) is 31.3 Å². The van der Waals surface area contributed by atoms with Crippen molar-refractivity contribution in [2.75, 3.05) is 20.1 Å². The highest BCUT2D eigenvalue weighted by atomic mass is 16.1. The molecule has 0 heterocycles. The molecule has 0 spiro atoms. The first-order valence-corrected chi connectivity index (χ1v) is 7.01. The second-order valence-electron chi connectivity index (χ2n) is 5.71. The van der Waals surface area contributed by atoms with Crippen LogP contribution >= 0.6 is 0 Å². The highest BCUT2D eigenvalue weighted by molar-refractivity contribution is 5.95. The van der Waals surface area contributed by atoms with Gasteiger partial charge in [-0.15, -0.1) is 0 Å². The van der Waals surface area contributed by atoms with E-state index in [0.29, 0.717) is 6.54 Å². The van der Waals surface area contributed by atoms with Gasteiger partial charge in [0.25, 0.3) is 5.91 Å². The lowest BCUT2D eigenvalue weighted by Crippen LogP contribution is -2.34. The summed E-state index contributed by atoms with van der Waals surface area (Å²) in [5.74, 6) is 0.0354. The summed E-state index contributed by atoms with van der Waals surface area (Å²) in [7, 11) is 1.92. The summed E-state index contributed by atoms with van der Waals surface area (Å²) in [5.41, 5.74) is 2.04. The molecule has 0 radical (unpaired) electrons. The molecule has 3 nitrogen and oxygen atoms in total. The molecule has 0 aromatic heterocycles. The molecule has 0 bridgehead atoms. The summed E-state index contributed by atoms with van der Waals surface area (Å²) in [6, 6.07) is 7.83. The molecule has 0 aliphatic carbocycles. The predicted octanol–water partition coefficient (Wildman–Crippen LogP) is 2.61. The molecule has 2 N–H and O–H groups in total. The highest BCUT2D eigenvalue weighted by Gasteiger charge is 2.17. The number of carbonyl (C=O) groups excluding carboxylic acids is 1. The van der Waals surface area contributed by atoms with Crippen LogP contribution in [0.5, 0.6) is 0 Å². The molecule has 0 saturated carbocycles. The molecule has 106 valence electrons. The van der Waals surface area contributed by atoms with E-state index < -0.39 is 0 Å². The molecule has 1 aromatic carbocycles. The van der Waals surface area contributed by atoms with Crippen LogP contribution in [0.1, 0.15) is 43.1 Å². The van der Waals surface area contributed by atoms with Gasteiger partial charge in [0.15, 0.2) is 0 Å². The Morgan fingerprint density at radius 3 is 2.58 bits per heavy atom. The number of carbonyl (C=O) groups is 1. The first kappa shape index (κ1) is 15.7. The van der Waals surface area contributed by atoms with Gasteiger partial charge in [-0.1, -0.05) is 39.0 Å². The summed E-state index contributed by atoms with van der Waals surface area (Å²) in [6.07, 6.45) is 1.92. The van der Waals surface area contributed by atoms with Gasteiger partial charge in [-0.2, -0.15) is 0 Å². The predicted molar refractivity (Wildman–Crippen MR) is 80.5 cm³/mol. The summed E-state index contributed by atoms with van der Waals surface area (Å²) < 4.78 is 0. The number of hydrogen-bond donors (Lipinski definition) is 2. The Labute approximate surface area is 116 Å². The topological polar surface area (TPSA) is 41.1 Å². The third-order valence-electron chi connectivity index (χ3n) is 3.59. The van der Waals surface area contributed by atoms with Gasteiger partial charge in [0.05, 0.1) is 0 Å². The van der Waals surface area contributed by atoms with E-state index in [2.05, 4.69) is 31.4 Å². The van der Waals surface area contributed by atoms with Crippen molar-refractivity contribution in [1.29, 1.82) is 0 Å². The average molecular weight is 262 g/mol. The van der Waals surface area contributed by atoms with E-state index in [9.17, 15) is 4.79 Å². The van der Waals surface area contributed by atoms with Gasteiger partial charge in [0.1, 0.15) is 0 Å². The van der Waals surface area contributed by atoms with Crippen LogP contribution in [0.2, 0.25) is 0 Å². The zero-order chi connectivity index (χ0) is 14.3. The van der Waals surface area contributed by atoms with Crippen LogP contribution in [0.15, 0.2) is 24.3 Å². The molecule has 3 heteroatoms. The van der Waals surface area contributed by atoms with Crippen LogP contribution in [0.4, 0.5) is 0 Å². The van der Waals surface area contributed by atoms with Crippen molar-refractivity contribution in [3.05, 3.63) is 35.4 Å². The summed E-state index contributed by atoms with van der Waals surface area (Å²) in [6.45, 7) is 8.07. The van der Waals surface area contributed by atoms with Gasteiger partial charge in [-0.25, -0.2) is 0 Å². The SMILES string of the molecule is CCC(C)(C)CNC(=O)c1ccccc1CCNC. The zero-order valence-corrected chi connectivity index (χ0v) is 12.5. The lowest BCUT2D eigenvalue weighted by atomic mass is 9.90. The Morgan fingerprint density at radius 2 is 1.95 bits per heavy atom. The van der Waals surface area contributed by atoms with E-state index in [1.165, 1.54) is 0 Å². The van der Waals surface area contributed by atoms with E-state index >= 15 is 0 Å². The minimum atomic E-state index is 0.0354. The summed E-state index contributed by atoms with van der Waals surface area (Å²) in [4.78, 5) is 12.3. The van der Waals surface area contributed by atoms with E-state index in [-0.39, 0.29) is 11.3 Å². The fraction of sp³-hybridized carbons (Fsp3) is 0.562. The highest BCUT2D eigenvalue weighted by Crippen LogP contribution is 2.18. The van der Waals surface area contributed by atoms with E-state index in [0.717, 1.165) is 30.5 Å². The Morgan fingerprint density at radius 1 is 1.26 bits per heavy atom. The number of rotatable bonds is 7. The van der Waals surface area contributed by atoms with Gasteiger partial charge in [-0.3, -0.25) is 4.79 Å². The van der Waals surface area contributed by atoms with Crippen molar-refractivity contribution >= 4 is 5.91 Å². The number of nitrogens with one attached hydrogen (secondary N) is 2. The second kappa shape index (κ2) is 7.29. The smallest absolute Gasteiger partial charge is 0.251 e. The van der Waals surface area contributed by atoms with Gasteiger partial charge >= 0.3 is 0 Å². The Hall–Kier alpha value is -1.35. The zero-order valence-electron chi connectivity index (χ0n) is 12.5. The maximum Gasteiger partial charge on any atom is 0.251 e. The van der Waals surface area contributed by atoms with Crippen molar-refractivity contribution in [3.63, 3.8) is 0 Å². The third kappa shape index (κ3) is 5.03. The van der Waals surface area contributed by atoms with Gasteiger partial charge in [-0.05, 0) is 43.5 Å². The monoisotopic (exact) mass is 262 g/mol. The molecule has 0 unspecified atom stereocenters. The molecule has 1 amide bonds. The van der Waals surface area contributed by atoms with Crippen LogP contribution in [-0.2, 0) is 6.42 Å². The van der Waals surface area contributed by atoms with Crippen molar-refractivity contribution in [2.24, 2.45) is 5.41 Å². The molecule has 1 rings (SSSR count). The van der Waals surface area contributed by atoms with Crippen LogP contribution in [0, 0.1) is 5.41 Å². The number of likely N-dealkylation sites (N-methyl/N-ethyl adjacent to an activating group) is 1. The largest absolute Gasteiger partial charge is 0.351 e. The fourth-order valence-corrected chi connectivity index (χ4v) is 1.76. The van der Waals surface area contributed by atoms with Crippen LogP contribution < -0.4 is 10.6 Å². The van der Waals surface area contributed by atoms with Crippen molar-refractivity contribution in [1.82, 2.24) is 10.6 Å². The van der Waals surface area contributed by atoms with Gasteiger partial charge < -0.3 is 10.6 Å². The molecule has 0 aliphatic heterocycles. The third-order valence-corrected chi connectivity index (χ3v) is 3.59. The van der Waals surface area contributed by atoms with Crippen LogP contribution in [0.3, 0.4) is 0 Å². The summed E-state index contributed by atoms with van der Waals surface area (Å²) in [5, 5.41) is 6.16. The number of hydrogen-bond acceptors (Lipinski definition) is 2. The standard InChI is InChI=1S/C16H26N2O/c1-5-16(2,3)12-18-15(19)14-9-7-6-8-13(14)10-11-17-4/h6-9,17H,5,10-12H2,1-4H3,(H,18,19). The lowest BCUT2D eigenvalue weighted by molar-refractivity contribution is 0.0935. The molecular weight excluding hydrogens is 236 g/mol. The van der Waals surface area contributed by atoms with Gasteiger partial charge in [0, 0.05) is 12.1 Å². The normalized spacial score (nSPS) is 11.4. The molecule has 19 heavy (non-hydrogen) atoms. The van der Waals surface area contributed by atoms with Crippen molar-refractivity contribution in [3.8, 4) is 0 Å². The Bertz CT molecular complexity index is 413. The Kier molecular flexibility index (Phi) is 6.03. The number of benzene rings is 1. The molecule has 0 atom stereocenters. The first-order valence-electron chi connectivity index (χ1n) is 7.01. The van der Waals surface area contributed by atoms with Crippen molar-refractivity contribution < 1.29 is 4.79 Å². The fourth-order valence-electron chi connectivity index (χ4n) is 1.76. The van der Waals surface area contributed by atoms with Gasteiger partial charge in [0.2, 0.25) is 0 Å². The second-order valence-corrected chi connectivity index (χ2v) is 5.71. The molecule has 0 fully saturated rings. The van der Waals surface area contributed by atoms with Crippen molar-refractivity contribution in [2.45, 2.75) is 33.6 Å².